The second-order valence-electron chi connectivity index (χ2n) is 5.03. The van der Waals surface area contributed by atoms with Crippen LogP contribution in [0.3, 0.4) is 0 Å². The van der Waals surface area contributed by atoms with Crippen LogP contribution in [-0.2, 0) is 11.3 Å². The van der Waals surface area contributed by atoms with Crippen molar-refractivity contribution in [2.45, 2.75) is 20.3 Å². The average molecular weight is 316 g/mol. The lowest BCUT2D eigenvalue weighted by Gasteiger charge is -2.18. The highest BCUT2D eigenvalue weighted by molar-refractivity contribution is 5.88. The first-order valence-corrected chi connectivity index (χ1v) is 7.44. The Morgan fingerprint density at radius 2 is 1.91 bits per heavy atom. The van der Waals surface area contributed by atoms with E-state index in [1.165, 1.54) is 6.07 Å². The molecule has 1 aromatic carbocycles. The maximum Gasteiger partial charge on any atom is 0.341 e. The minimum absolute atomic E-state index is 0.238. The molecule has 122 valence electrons. The van der Waals surface area contributed by atoms with E-state index in [1.54, 1.807) is 5.06 Å². The first-order valence-electron chi connectivity index (χ1n) is 7.44. The SMILES string of the molecule is CCON(C)c1ccc(-c2[nH]c(=O)c(C(=O)O)cc2CC)cc1. The minimum Gasteiger partial charge on any atom is -0.477 e. The lowest BCUT2D eigenvalue weighted by Crippen LogP contribution is -2.19. The summed E-state index contributed by atoms with van der Waals surface area (Å²) in [5.41, 5.74) is 2.31. The molecule has 0 spiro atoms. The van der Waals surface area contributed by atoms with E-state index in [-0.39, 0.29) is 5.56 Å². The Balaban J connectivity index is 2.44. The standard InChI is InChI=1S/C17H20N2O4/c1-4-11-10-14(17(21)22)16(20)18-15(11)12-6-8-13(9-7-12)19(3)23-5-2/h6-10H,4-5H2,1-3H3,(H,18,20)(H,21,22). The number of pyridine rings is 1. The van der Waals surface area contributed by atoms with Gasteiger partial charge in [0.15, 0.2) is 0 Å². The summed E-state index contributed by atoms with van der Waals surface area (Å²) in [4.78, 5) is 31.1. The number of rotatable bonds is 6. The van der Waals surface area contributed by atoms with Gasteiger partial charge < -0.3 is 10.1 Å². The molecular weight excluding hydrogens is 296 g/mol. The van der Waals surface area contributed by atoms with Gasteiger partial charge in [0, 0.05) is 7.05 Å². The summed E-state index contributed by atoms with van der Waals surface area (Å²) >= 11 is 0. The summed E-state index contributed by atoms with van der Waals surface area (Å²) in [5.74, 6) is -1.22. The number of H-pyrrole nitrogens is 1. The molecule has 0 aliphatic rings. The predicted molar refractivity (Wildman–Crippen MR) is 88.9 cm³/mol. The number of anilines is 1. The number of nitrogens with one attached hydrogen (secondary N) is 1. The number of carboxylic acids is 1. The molecule has 0 fully saturated rings. The molecule has 0 aliphatic heterocycles. The molecule has 0 atom stereocenters. The minimum atomic E-state index is -1.22. The van der Waals surface area contributed by atoms with E-state index in [2.05, 4.69) is 4.98 Å². The molecule has 0 saturated heterocycles. The summed E-state index contributed by atoms with van der Waals surface area (Å²) in [7, 11) is 1.82. The number of benzene rings is 1. The summed E-state index contributed by atoms with van der Waals surface area (Å²) in [6, 6.07) is 8.95. The highest BCUT2D eigenvalue weighted by Gasteiger charge is 2.14. The van der Waals surface area contributed by atoms with Crippen LogP contribution in [0.2, 0.25) is 0 Å². The summed E-state index contributed by atoms with van der Waals surface area (Å²) in [6.45, 7) is 4.40. The van der Waals surface area contributed by atoms with Gasteiger partial charge in [-0.2, -0.15) is 0 Å². The zero-order chi connectivity index (χ0) is 17.0. The van der Waals surface area contributed by atoms with Crippen LogP contribution >= 0.6 is 0 Å². The van der Waals surface area contributed by atoms with Gasteiger partial charge in [-0.15, -0.1) is 0 Å². The number of carbonyl (C=O) groups is 1. The Kier molecular flexibility index (Phi) is 5.18. The van der Waals surface area contributed by atoms with E-state index in [1.807, 2.05) is 45.2 Å². The van der Waals surface area contributed by atoms with Crippen LogP contribution in [0.15, 0.2) is 35.1 Å². The van der Waals surface area contributed by atoms with E-state index < -0.39 is 11.5 Å². The van der Waals surface area contributed by atoms with Gasteiger partial charge in [0.25, 0.3) is 5.56 Å². The highest BCUT2D eigenvalue weighted by atomic mass is 16.7. The molecule has 6 nitrogen and oxygen atoms in total. The maximum absolute atomic E-state index is 11.9. The summed E-state index contributed by atoms with van der Waals surface area (Å²) in [5, 5.41) is 10.7. The molecule has 2 aromatic rings. The molecular formula is C17H20N2O4. The van der Waals surface area contributed by atoms with Gasteiger partial charge in [0.05, 0.1) is 18.0 Å². The molecule has 23 heavy (non-hydrogen) atoms. The van der Waals surface area contributed by atoms with Crippen molar-refractivity contribution >= 4 is 11.7 Å². The Bertz CT molecular complexity index is 750. The van der Waals surface area contributed by atoms with E-state index >= 15 is 0 Å². The van der Waals surface area contributed by atoms with Gasteiger partial charge >= 0.3 is 5.97 Å². The van der Waals surface area contributed by atoms with E-state index in [0.717, 1.165) is 16.8 Å². The Morgan fingerprint density at radius 1 is 1.26 bits per heavy atom. The number of hydrogen-bond donors (Lipinski definition) is 2. The van der Waals surface area contributed by atoms with Crippen molar-refractivity contribution in [1.82, 2.24) is 4.98 Å². The Morgan fingerprint density at radius 3 is 2.43 bits per heavy atom. The van der Waals surface area contributed by atoms with Gasteiger partial charge in [-0.1, -0.05) is 19.1 Å². The zero-order valence-electron chi connectivity index (χ0n) is 13.4. The first kappa shape index (κ1) is 16.8. The third-order valence-electron chi connectivity index (χ3n) is 3.58. The topological polar surface area (TPSA) is 82.6 Å². The van der Waals surface area contributed by atoms with E-state index in [4.69, 9.17) is 9.94 Å². The van der Waals surface area contributed by atoms with Crippen LogP contribution in [0.4, 0.5) is 5.69 Å². The molecule has 1 aromatic heterocycles. The fraction of sp³-hybridized carbons (Fsp3) is 0.294. The van der Waals surface area contributed by atoms with Crippen molar-refractivity contribution in [3.8, 4) is 11.3 Å². The van der Waals surface area contributed by atoms with Crippen LogP contribution in [0.5, 0.6) is 0 Å². The summed E-state index contributed by atoms with van der Waals surface area (Å²) in [6.07, 6.45) is 0.618. The van der Waals surface area contributed by atoms with Gasteiger partial charge in [0.1, 0.15) is 5.56 Å². The molecule has 0 aliphatic carbocycles. The maximum atomic E-state index is 11.9. The van der Waals surface area contributed by atoms with Crippen LogP contribution in [0.1, 0.15) is 29.8 Å². The van der Waals surface area contributed by atoms with Crippen molar-refractivity contribution in [2.24, 2.45) is 0 Å². The second-order valence-corrected chi connectivity index (χ2v) is 5.03. The number of aromatic carboxylic acids is 1. The number of hydrogen-bond acceptors (Lipinski definition) is 4. The number of nitrogens with zero attached hydrogens (tertiary/aromatic N) is 1. The monoisotopic (exact) mass is 316 g/mol. The normalized spacial score (nSPS) is 10.6. The summed E-state index contributed by atoms with van der Waals surface area (Å²) < 4.78 is 0. The molecule has 0 radical (unpaired) electrons. The largest absolute Gasteiger partial charge is 0.477 e. The number of hydroxylamine groups is 1. The van der Waals surface area contributed by atoms with E-state index in [9.17, 15) is 9.59 Å². The number of aromatic nitrogens is 1. The molecule has 0 bridgehead atoms. The van der Waals surface area contributed by atoms with Crippen LogP contribution in [0, 0.1) is 0 Å². The van der Waals surface area contributed by atoms with Crippen molar-refractivity contribution in [3.63, 3.8) is 0 Å². The van der Waals surface area contributed by atoms with Crippen LogP contribution < -0.4 is 10.6 Å². The molecule has 6 heteroatoms. The molecule has 2 N–H and O–H groups in total. The Hall–Kier alpha value is -2.60. The van der Waals surface area contributed by atoms with Crippen LogP contribution in [-0.4, -0.2) is 29.7 Å². The van der Waals surface area contributed by atoms with Gasteiger partial charge in [-0.05, 0) is 42.7 Å². The fourth-order valence-electron chi connectivity index (χ4n) is 2.37. The smallest absolute Gasteiger partial charge is 0.341 e. The zero-order valence-corrected chi connectivity index (χ0v) is 13.4. The van der Waals surface area contributed by atoms with Gasteiger partial charge in [-0.3, -0.25) is 14.7 Å². The highest BCUT2D eigenvalue weighted by Crippen LogP contribution is 2.24. The Labute approximate surface area is 134 Å². The molecule has 1 heterocycles. The van der Waals surface area contributed by atoms with Crippen molar-refractivity contribution in [1.29, 1.82) is 0 Å². The second kappa shape index (κ2) is 7.11. The third-order valence-corrected chi connectivity index (χ3v) is 3.58. The third kappa shape index (κ3) is 3.60. The van der Waals surface area contributed by atoms with Crippen molar-refractivity contribution in [2.75, 3.05) is 18.7 Å². The van der Waals surface area contributed by atoms with Crippen molar-refractivity contribution in [3.05, 3.63) is 51.8 Å². The van der Waals surface area contributed by atoms with Crippen molar-refractivity contribution < 1.29 is 14.7 Å². The lowest BCUT2D eigenvalue weighted by molar-refractivity contribution is 0.0695. The fourth-order valence-corrected chi connectivity index (χ4v) is 2.37. The lowest BCUT2D eigenvalue weighted by atomic mass is 10.0. The molecule has 0 unspecified atom stereocenters. The number of aromatic amines is 1. The molecule has 0 saturated carbocycles. The predicted octanol–water partition coefficient (Wildman–Crippen LogP) is 2.69. The number of aryl methyl sites for hydroxylation is 1. The number of carboxylic acid groups (broad SMARTS) is 1. The van der Waals surface area contributed by atoms with Crippen LogP contribution in [0.25, 0.3) is 11.3 Å². The first-order chi connectivity index (χ1) is 11.0. The average Bonchev–Trinajstić information content (AvgIpc) is 2.54. The van der Waals surface area contributed by atoms with Gasteiger partial charge in [0.2, 0.25) is 0 Å². The van der Waals surface area contributed by atoms with E-state index in [0.29, 0.717) is 18.7 Å². The van der Waals surface area contributed by atoms with Gasteiger partial charge in [-0.25, -0.2) is 4.79 Å². The molecule has 2 rings (SSSR count). The quantitative estimate of drug-likeness (QED) is 0.801. The molecule has 0 amide bonds.